The molecule has 1 fully saturated rings. The fourth-order valence-corrected chi connectivity index (χ4v) is 3.25. The summed E-state index contributed by atoms with van der Waals surface area (Å²) in [6.45, 7) is 5.88. The van der Waals surface area contributed by atoms with E-state index in [1.54, 1.807) is 20.8 Å². The highest BCUT2D eigenvalue weighted by atomic mass is 79.9. The van der Waals surface area contributed by atoms with Crippen LogP contribution >= 0.6 is 15.9 Å². The predicted molar refractivity (Wildman–Crippen MR) is 101 cm³/mol. The largest absolute Gasteiger partial charge is 0.444 e. The van der Waals surface area contributed by atoms with E-state index in [4.69, 9.17) is 4.74 Å². The van der Waals surface area contributed by atoms with E-state index in [-0.39, 0.29) is 22.3 Å². The fraction of sp³-hybridized carbons (Fsp3) is 0.529. The monoisotopic (exact) mass is 440 g/mol. The number of likely N-dealkylation sites (tertiary alicyclic amines) is 1. The number of hydrogen-bond donors (Lipinski definition) is 2. The highest BCUT2D eigenvalue weighted by Gasteiger charge is 2.33. The first-order valence-electron chi connectivity index (χ1n) is 8.33. The van der Waals surface area contributed by atoms with Gasteiger partial charge in [0.15, 0.2) is 0 Å². The van der Waals surface area contributed by atoms with Gasteiger partial charge in [0.2, 0.25) is 0 Å². The second kappa shape index (κ2) is 8.10. The number of hydrogen-bond acceptors (Lipinski definition) is 7. The second-order valence-electron chi connectivity index (χ2n) is 7.22. The lowest BCUT2D eigenvalue weighted by Crippen LogP contribution is -2.53. The number of halogens is 1. The zero-order valence-corrected chi connectivity index (χ0v) is 16.8. The smallest absolute Gasteiger partial charge is 0.410 e. The van der Waals surface area contributed by atoms with Crippen molar-refractivity contribution in [3.63, 3.8) is 0 Å². The Balaban J connectivity index is 2.19. The number of aliphatic hydroxyl groups is 1. The van der Waals surface area contributed by atoms with Crippen LogP contribution in [0, 0.1) is 21.4 Å². The average Bonchev–Trinajstić information content (AvgIpc) is 2.56. The lowest BCUT2D eigenvalue weighted by atomic mass is 10.0. The fourth-order valence-electron chi connectivity index (χ4n) is 2.71. The molecule has 1 heterocycles. The van der Waals surface area contributed by atoms with Crippen molar-refractivity contribution in [1.82, 2.24) is 4.90 Å². The number of nitrogens with zero attached hydrogens (tertiary/aromatic N) is 3. The topological polar surface area (TPSA) is 129 Å². The quantitative estimate of drug-likeness (QED) is 0.545. The van der Waals surface area contributed by atoms with Crippen molar-refractivity contribution in [2.45, 2.75) is 44.9 Å². The molecule has 1 saturated heterocycles. The van der Waals surface area contributed by atoms with Gasteiger partial charge in [-0.3, -0.25) is 10.1 Å². The molecule has 27 heavy (non-hydrogen) atoms. The summed E-state index contributed by atoms with van der Waals surface area (Å²) in [5.41, 5.74) is -0.625. The standard InChI is InChI=1S/C17H21BrN4O5/c1-17(2,3)27-16(24)21-7-6-14(23)12(9-21)20-11-4-5-13(22(25)26)10(8-19)15(11)18/h4-5,12,14,20,23H,6-7,9H2,1-3H3/t12-,14-/m1/s1. The maximum absolute atomic E-state index is 12.3. The zero-order chi connectivity index (χ0) is 20.4. The number of amides is 1. The van der Waals surface area contributed by atoms with Crippen LogP contribution in [0.5, 0.6) is 0 Å². The Morgan fingerprint density at radius 2 is 2.19 bits per heavy atom. The lowest BCUT2D eigenvalue weighted by Gasteiger charge is -2.37. The molecule has 1 aromatic rings. The van der Waals surface area contributed by atoms with E-state index in [1.807, 2.05) is 6.07 Å². The number of carbonyl (C=O) groups excluding carboxylic acids is 1. The number of carbonyl (C=O) groups is 1. The number of benzene rings is 1. The normalized spacial score (nSPS) is 19.9. The minimum Gasteiger partial charge on any atom is -0.444 e. The van der Waals surface area contributed by atoms with Crippen LogP contribution in [-0.2, 0) is 4.74 Å². The van der Waals surface area contributed by atoms with E-state index in [0.717, 1.165) is 0 Å². The van der Waals surface area contributed by atoms with Crippen molar-refractivity contribution in [3.05, 3.63) is 32.3 Å². The van der Waals surface area contributed by atoms with Crippen LogP contribution < -0.4 is 5.32 Å². The molecular formula is C17H21BrN4O5. The Labute approximate surface area is 165 Å². The zero-order valence-electron chi connectivity index (χ0n) is 15.2. The summed E-state index contributed by atoms with van der Waals surface area (Å²) in [6, 6.07) is 3.98. The van der Waals surface area contributed by atoms with Crippen LogP contribution in [0.4, 0.5) is 16.2 Å². The average molecular weight is 441 g/mol. The maximum atomic E-state index is 12.3. The Bertz CT molecular complexity index is 787. The Hall–Kier alpha value is -2.38. The molecule has 1 aliphatic heterocycles. The van der Waals surface area contributed by atoms with Gasteiger partial charge in [-0.15, -0.1) is 0 Å². The van der Waals surface area contributed by atoms with Crippen LogP contribution in [0.15, 0.2) is 16.6 Å². The first-order valence-corrected chi connectivity index (χ1v) is 9.12. The Morgan fingerprint density at radius 1 is 1.52 bits per heavy atom. The SMILES string of the molecule is CC(C)(C)OC(=O)N1CC[C@@H](O)[C@H](Nc2ccc([N+](=O)[O-])c(C#N)c2Br)C1. The molecule has 0 aromatic heterocycles. The van der Waals surface area contributed by atoms with Gasteiger partial charge in [-0.05, 0) is 49.2 Å². The van der Waals surface area contributed by atoms with Gasteiger partial charge >= 0.3 is 6.09 Å². The maximum Gasteiger partial charge on any atom is 0.410 e. The van der Waals surface area contributed by atoms with Gasteiger partial charge in [-0.1, -0.05) is 0 Å². The molecule has 1 aliphatic rings. The van der Waals surface area contributed by atoms with Gasteiger partial charge in [-0.2, -0.15) is 5.26 Å². The number of piperidine rings is 1. The molecule has 0 aliphatic carbocycles. The molecule has 0 bridgehead atoms. The number of aliphatic hydroxyl groups excluding tert-OH is 1. The molecule has 0 unspecified atom stereocenters. The van der Waals surface area contributed by atoms with E-state index in [0.29, 0.717) is 18.7 Å². The van der Waals surface area contributed by atoms with Gasteiger partial charge in [0.05, 0.1) is 27.2 Å². The van der Waals surface area contributed by atoms with E-state index in [1.165, 1.54) is 17.0 Å². The minimum absolute atomic E-state index is 0.112. The highest BCUT2D eigenvalue weighted by Crippen LogP contribution is 2.34. The lowest BCUT2D eigenvalue weighted by molar-refractivity contribution is -0.385. The second-order valence-corrected chi connectivity index (χ2v) is 8.02. The number of ether oxygens (including phenoxy) is 1. The van der Waals surface area contributed by atoms with Crippen LogP contribution in [0.3, 0.4) is 0 Å². The van der Waals surface area contributed by atoms with Crippen LogP contribution in [-0.4, -0.2) is 51.9 Å². The number of nitrogens with one attached hydrogen (secondary N) is 1. The molecule has 0 saturated carbocycles. The number of rotatable bonds is 3. The van der Waals surface area contributed by atoms with Crippen molar-refractivity contribution >= 4 is 33.4 Å². The molecule has 10 heteroatoms. The van der Waals surface area contributed by atoms with E-state index in [2.05, 4.69) is 21.2 Å². The molecule has 0 radical (unpaired) electrons. The molecular weight excluding hydrogens is 420 g/mol. The van der Waals surface area contributed by atoms with E-state index in [9.17, 15) is 25.3 Å². The van der Waals surface area contributed by atoms with Gasteiger partial charge in [-0.25, -0.2) is 4.79 Å². The molecule has 9 nitrogen and oxygen atoms in total. The molecule has 2 rings (SSSR count). The number of nitriles is 1. The molecule has 0 spiro atoms. The first-order chi connectivity index (χ1) is 12.5. The summed E-state index contributed by atoms with van der Waals surface area (Å²) in [4.78, 5) is 24.2. The molecule has 1 aromatic carbocycles. The van der Waals surface area contributed by atoms with Crippen molar-refractivity contribution in [2.75, 3.05) is 18.4 Å². The minimum atomic E-state index is -0.726. The van der Waals surface area contributed by atoms with E-state index < -0.39 is 28.8 Å². The van der Waals surface area contributed by atoms with Crippen LogP contribution in [0.1, 0.15) is 32.8 Å². The van der Waals surface area contributed by atoms with E-state index >= 15 is 0 Å². The summed E-state index contributed by atoms with van der Waals surface area (Å²) in [5, 5.41) is 33.6. The van der Waals surface area contributed by atoms with Crippen molar-refractivity contribution < 1.29 is 19.6 Å². The summed E-state index contributed by atoms with van der Waals surface area (Å²) >= 11 is 3.21. The van der Waals surface area contributed by atoms with Gasteiger partial charge in [0.1, 0.15) is 17.2 Å². The van der Waals surface area contributed by atoms with Gasteiger partial charge in [0.25, 0.3) is 5.69 Å². The van der Waals surface area contributed by atoms with Crippen molar-refractivity contribution in [2.24, 2.45) is 0 Å². The van der Waals surface area contributed by atoms with Crippen molar-refractivity contribution in [1.29, 1.82) is 5.26 Å². The summed E-state index contributed by atoms with van der Waals surface area (Å²) in [7, 11) is 0. The molecule has 146 valence electrons. The molecule has 2 N–H and O–H groups in total. The first kappa shape index (κ1) is 20.9. The van der Waals surface area contributed by atoms with Crippen LogP contribution in [0.25, 0.3) is 0 Å². The van der Waals surface area contributed by atoms with Crippen LogP contribution in [0.2, 0.25) is 0 Å². The number of nitro groups is 1. The highest BCUT2D eigenvalue weighted by molar-refractivity contribution is 9.10. The third-order valence-electron chi connectivity index (χ3n) is 4.00. The third-order valence-corrected chi connectivity index (χ3v) is 4.82. The number of nitro benzene ring substituents is 1. The Kier molecular flexibility index (Phi) is 6.28. The third kappa shape index (κ3) is 5.08. The summed E-state index contributed by atoms with van der Waals surface area (Å²) < 4.78 is 5.60. The van der Waals surface area contributed by atoms with Gasteiger partial charge < -0.3 is 20.1 Å². The molecule has 2 atom stereocenters. The summed E-state index contributed by atoms with van der Waals surface area (Å²) in [5.74, 6) is 0. The predicted octanol–water partition coefficient (Wildman–Crippen LogP) is 3.01. The molecule has 1 amide bonds. The number of anilines is 1. The summed E-state index contributed by atoms with van der Waals surface area (Å²) in [6.07, 6.45) is -0.843. The van der Waals surface area contributed by atoms with Gasteiger partial charge in [0, 0.05) is 19.2 Å². The Morgan fingerprint density at radius 3 is 2.74 bits per heavy atom. The van der Waals surface area contributed by atoms with Crippen molar-refractivity contribution in [3.8, 4) is 6.07 Å².